The quantitative estimate of drug-likeness (QED) is 0.421. The number of hydrogen-bond acceptors (Lipinski definition) is 7. The highest BCUT2D eigenvalue weighted by Gasteiger charge is 2.71. The first-order valence-corrected chi connectivity index (χ1v) is 12.5. The molecule has 1 aromatic heterocycles. The van der Waals surface area contributed by atoms with Crippen LogP contribution in [0, 0.1) is 0 Å². The summed E-state index contributed by atoms with van der Waals surface area (Å²) in [6.45, 7) is 4.91. The Labute approximate surface area is 223 Å². The zero-order valence-corrected chi connectivity index (χ0v) is 22.1. The van der Waals surface area contributed by atoms with Crippen molar-refractivity contribution in [2.45, 2.75) is 63.2 Å². The minimum atomic E-state index is -6.11. The molecule has 39 heavy (non-hydrogen) atoms. The number of alkyl halides is 6. The summed E-state index contributed by atoms with van der Waals surface area (Å²) >= 11 is 0.674. The van der Waals surface area contributed by atoms with Gasteiger partial charge in [0.15, 0.2) is 5.01 Å². The molecular formula is C24H27F6N3O5S. The summed E-state index contributed by atoms with van der Waals surface area (Å²) in [4.78, 5) is 31.8. The topological polar surface area (TPSA) is 112 Å². The molecule has 0 bridgehead atoms. The number of benzene rings is 1. The molecule has 1 saturated heterocycles. The van der Waals surface area contributed by atoms with E-state index >= 15 is 0 Å². The summed E-state index contributed by atoms with van der Waals surface area (Å²) in [5.41, 5.74) is -8.36. The molecule has 0 spiro atoms. The number of ether oxygens (including phenoxy) is 1. The van der Waals surface area contributed by atoms with Crippen molar-refractivity contribution in [3.05, 3.63) is 34.5 Å². The van der Waals surface area contributed by atoms with Crippen LogP contribution in [0.25, 0.3) is 10.4 Å². The van der Waals surface area contributed by atoms with Crippen molar-refractivity contribution in [1.82, 2.24) is 15.2 Å². The van der Waals surface area contributed by atoms with E-state index in [2.05, 4.69) is 10.3 Å². The van der Waals surface area contributed by atoms with E-state index in [1.807, 2.05) is 0 Å². The van der Waals surface area contributed by atoms with Crippen LogP contribution in [0.4, 0.5) is 26.3 Å². The molecule has 1 atom stereocenters. The predicted octanol–water partition coefficient (Wildman–Crippen LogP) is 4.26. The average Bonchev–Trinajstić information content (AvgIpc) is 3.46. The van der Waals surface area contributed by atoms with Crippen LogP contribution in [0.3, 0.4) is 0 Å². The molecule has 1 aliphatic rings. The number of hydrogen-bond donors (Lipinski definition) is 3. The second kappa shape index (κ2) is 10.6. The molecule has 1 aliphatic heterocycles. The van der Waals surface area contributed by atoms with Gasteiger partial charge in [0.25, 0.3) is 17.4 Å². The molecule has 0 saturated carbocycles. The van der Waals surface area contributed by atoms with Gasteiger partial charge in [-0.3, -0.25) is 9.59 Å². The zero-order valence-electron chi connectivity index (χ0n) is 21.3. The van der Waals surface area contributed by atoms with Crippen LogP contribution in [0.1, 0.15) is 59.5 Å². The molecule has 15 heteroatoms. The number of nitrogens with one attached hydrogen (secondary N) is 1. The van der Waals surface area contributed by atoms with Gasteiger partial charge in [0, 0.05) is 30.3 Å². The number of carbonyl (C=O) groups excluding carboxylic acids is 2. The van der Waals surface area contributed by atoms with E-state index in [-0.39, 0.29) is 33.7 Å². The fourth-order valence-corrected chi connectivity index (χ4v) is 5.08. The van der Waals surface area contributed by atoms with E-state index in [0.717, 1.165) is 13.2 Å². The molecule has 216 valence electrons. The first kappa shape index (κ1) is 30.6. The molecule has 2 heterocycles. The van der Waals surface area contributed by atoms with Crippen LogP contribution in [-0.2, 0) is 5.60 Å². The summed E-state index contributed by atoms with van der Waals surface area (Å²) in [7, 11) is 0.991. The van der Waals surface area contributed by atoms with Gasteiger partial charge in [-0.05, 0) is 45.7 Å². The largest absolute Gasteiger partial charge is 0.496 e. The van der Waals surface area contributed by atoms with Gasteiger partial charge in [-0.2, -0.15) is 26.3 Å². The number of rotatable bonds is 7. The third-order valence-electron chi connectivity index (χ3n) is 6.20. The standard InChI is InChI=1S/C24H27F6N3O5S/c1-12-6-5-9-33(12)20(35)16-17(39-19(32-16)18(34)31-11-21(2,3)36)14-8-7-13(10-15(14)38-4)22(37,23(25,26)27)24(28,29)30/h7-8,10,12,36-37H,5-6,9,11H2,1-4H3,(H,31,34). The Hall–Kier alpha value is -2.91. The highest BCUT2D eigenvalue weighted by Crippen LogP contribution is 2.51. The number of halogens is 6. The molecule has 0 aliphatic carbocycles. The lowest BCUT2D eigenvalue weighted by atomic mass is 9.90. The van der Waals surface area contributed by atoms with Crippen molar-refractivity contribution >= 4 is 23.2 Å². The molecule has 1 unspecified atom stereocenters. The van der Waals surface area contributed by atoms with Gasteiger partial charge >= 0.3 is 12.4 Å². The summed E-state index contributed by atoms with van der Waals surface area (Å²) in [5, 5.41) is 21.9. The van der Waals surface area contributed by atoms with Crippen molar-refractivity contribution in [3.8, 4) is 16.2 Å². The lowest BCUT2D eigenvalue weighted by molar-refractivity contribution is -0.376. The first-order chi connectivity index (χ1) is 17.8. The normalized spacial score (nSPS) is 16.9. The van der Waals surface area contributed by atoms with Gasteiger partial charge in [0.2, 0.25) is 0 Å². The fraction of sp³-hybridized carbons (Fsp3) is 0.542. The predicted molar refractivity (Wildman–Crippen MR) is 128 cm³/mol. The van der Waals surface area contributed by atoms with Crippen molar-refractivity contribution < 1.29 is 50.9 Å². The number of aromatic nitrogens is 1. The fourth-order valence-electron chi connectivity index (χ4n) is 4.08. The second-order valence-electron chi connectivity index (χ2n) is 9.80. The van der Waals surface area contributed by atoms with E-state index in [4.69, 9.17) is 4.74 Å². The van der Waals surface area contributed by atoms with Gasteiger partial charge in [-0.1, -0.05) is 6.07 Å². The maximum absolute atomic E-state index is 13.4. The lowest BCUT2D eigenvalue weighted by Crippen LogP contribution is -2.53. The number of amides is 2. The van der Waals surface area contributed by atoms with Crippen molar-refractivity contribution in [3.63, 3.8) is 0 Å². The number of methoxy groups -OCH3 is 1. The molecule has 3 rings (SSSR count). The second-order valence-corrected chi connectivity index (χ2v) is 10.8. The third kappa shape index (κ3) is 5.99. The molecular weight excluding hydrogens is 556 g/mol. The highest BCUT2D eigenvalue weighted by atomic mass is 32.1. The number of nitrogens with zero attached hydrogens (tertiary/aromatic N) is 2. The number of carbonyl (C=O) groups is 2. The molecule has 2 amide bonds. The van der Waals surface area contributed by atoms with Crippen molar-refractivity contribution in [2.75, 3.05) is 20.2 Å². The van der Waals surface area contributed by atoms with E-state index in [9.17, 15) is 46.1 Å². The third-order valence-corrected chi connectivity index (χ3v) is 7.29. The minimum Gasteiger partial charge on any atom is -0.496 e. The maximum Gasteiger partial charge on any atom is 0.430 e. The van der Waals surface area contributed by atoms with Crippen molar-refractivity contribution in [1.29, 1.82) is 0 Å². The lowest BCUT2D eigenvalue weighted by Gasteiger charge is -2.33. The molecule has 1 fully saturated rings. The van der Waals surface area contributed by atoms with Gasteiger partial charge < -0.3 is 25.2 Å². The molecule has 1 aromatic carbocycles. The number of thiazole rings is 1. The zero-order chi connectivity index (χ0) is 29.6. The molecule has 0 radical (unpaired) electrons. The Morgan fingerprint density at radius 3 is 2.26 bits per heavy atom. The van der Waals surface area contributed by atoms with Crippen LogP contribution in [0.15, 0.2) is 18.2 Å². The minimum absolute atomic E-state index is 0.0292. The maximum atomic E-state index is 13.4. The Morgan fingerprint density at radius 2 is 1.77 bits per heavy atom. The van der Waals surface area contributed by atoms with Gasteiger partial charge in [0.05, 0.1) is 17.6 Å². The smallest absolute Gasteiger partial charge is 0.430 e. The average molecular weight is 584 g/mol. The van der Waals surface area contributed by atoms with E-state index in [0.29, 0.717) is 42.9 Å². The van der Waals surface area contributed by atoms with Crippen molar-refractivity contribution in [2.24, 2.45) is 0 Å². The van der Waals surface area contributed by atoms with Gasteiger partial charge in [-0.25, -0.2) is 4.98 Å². The summed E-state index contributed by atoms with van der Waals surface area (Å²) < 4.78 is 85.7. The monoisotopic (exact) mass is 583 g/mol. The van der Waals surface area contributed by atoms with Crippen LogP contribution in [0.2, 0.25) is 0 Å². The summed E-state index contributed by atoms with van der Waals surface area (Å²) in [6.07, 6.45) is -10.8. The van der Waals surface area contributed by atoms with E-state index in [1.54, 1.807) is 6.92 Å². The Bertz CT molecular complexity index is 1220. The SMILES string of the molecule is COc1cc(C(O)(C(F)(F)F)C(F)(F)F)ccc1-c1sc(C(=O)NCC(C)(C)O)nc1C(=O)N1CCCC1C. The van der Waals surface area contributed by atoms with Crippen LogP contribution in [0.5, 0.6) is 5.75 Å². The number of likely N-dealkylation sites (tertiary alicyclic amines) is 1. The Balaban J connectivity index is 2.17. The van der Waals surface area contributed by atoms with Gasteiger partial charge in [-0.15, -0.1) is 11.3 Å². The Morgan fingerprint density at radius 1 is 1.15 bits per heavy atom. The van der Waals surface area contributed by atoms with E-state index < -0.39 is 46.7 Å². The molecule has 2 aromatic rings. The molecule has 3 N–H and O–H groups in total. The van der Waals surface area contributed by atoms with Gasteiger partial charge in [0.1, 0.15) is 11.4 Å². The Kier molecular flexibility index (Phi) is 8.31. The molecule has 8 nitrogen and oxygen atoms in total. The highest BCUT2D eigenvalue weighted by molar-refractivity contribution is 7.17. The van der Waals surface area contributed by atoms with Crippen LogP contribution >= 0.6 is 11.3 Å². The number of aliphatic hydroxyl groups is 2. The summed E-state index contributed by atoms with van der Waals surface area (Å²) in [5.74, 6) is -1.85. The van der Waals surface area contributed by atoms with E-state index in [1.165, 1.54) is 18.7 Å². The van der Waals surface area contributed by atoms with Crippen LogP contribution < -0.4 is 10.1 Å². The first-order valence-electron chi connectivity index (χ1n) is 11.7. The summed E-state index contributed by atoms with van der Waals surface area (Å²) in [6, 6.07) is 1.49. The van der Waals surface area contributed by atoms with Crippen LogP contribution in [-0.4, -0.2) is 76.1 Å².